The van der Waals surface area contributed by atoms with Crippen LogP contribution in [0.2, 0.25) is 0 Å². The third kappa shape index (κ3) is 3.45. The van der Waals surface area contributed by atoms with Crippen molar-refractivity contribution in [1.82, 2.24) is 25.1 Å². The fourth-order valence-corrected chi connectivity index (χ4v) is 3.86. The van der Waals surface area contributed by atoms with Crippen molar-refractivity contribution in [2.24, 2.45) is 0 Å². The third-order valence-electron chi connectivity index (χ3n) is 5.50. The molecule has 146 valence electrons. The van der Waals surface area contributed by atoms with Crippen LogP contribution in [0.3, 0.4) is 0 Å². The number of nitrogens with zero attached hydrogens (tertiary/aromatic N) is 4. The predicted octanol–water partition coefficient (Wildman–Crippen LogP) is 3.81. The summed E-state index contributed by atoms with van der Waals surface area (Å²) in [5, 5.41) is 9.59. The van der Waals surface area contributed by atoms with E-state index in [2.05, 4.69) is 26.6 Å². The summed E-state index contributed by atoms with van der Waals surface area (Å²) < 4.78 is 15.7. The number of anilines is 1. The molecule has 29 heavy (non-hydrogen) atoms. The minimum absolute atomic E-state index is 0.278. The summed E-state index contributed by atoms with van der Waals surface area (Å²) in [6, 6.07) is 8.88. The fraction of sp³-hybridized carbons (Fsp3) is 0.227. The second-order valence-corrected chi connectivity index (χ2v) is 7.41. The van der Waals surface area contributed by atoms with Crippen LogP contribution in [-0.2, 0) is 0 Å². The van der Waals surface area contributed by atoms with Crippen molar-refractivity contribution >= 4 is 16.6 Å². The van der Waals surface area contributed by atoms with Crippen LogP contribution in [0.1, 0.15) is 18.9 Å². The standard InChI is InChI=1S/C22H21FN6/c23-18-2-1-14-10-26-21(9-15(14)7-18)20-8-16(11-27-22(20)24)17-12-28-29(13-17)19-3-5-25-6-4-19/h1-2,7-13,19,25H,3-6H2,(H2,24,27). The highest BCUT2D eigenvalue weighted by Gasteiger charge is 2.17. The van der Waals surface area contributed by atoms with Crippen LogP contribution in [0.5, 0.6) is 0 Å². The van der Waals surface area contributed by atoms with Crippen molar-refractivity contribution in [2.75, 3.05) is 18.8 Å². The van der Waals surface area contributed by atoms with Gasteiger partial charge in [-0.1, -0.05) is 0 Å². The monoisotopic (exact) mass is 388 g/mol. The number of piperidine rings is 1. The molecule has 0 atom stereocenters. The summed E-state index contributed by atoms with van der Waals surface area (Å²) in [7, 11) is 0. The quantitative estimate of drug-likeness (QED) is 0.558. The van der Waals surface area contributed by atoms with E-state index in [0.717, 1.165) is 53.4 Å². The molecule has 0 amide bonds. The van der Waals surface area contributed by atoms with Gasteiger partial charge in [0.25, 0.3) is 0 Å². The van der Waals surface area contributed by atoms with Crippen molar-refractivity contribution in [3.8, 4) is 22.4 Å². The van der Waals surface area contributed by atoms with E-state index in [1.165, 1.54) is 12.1 Å². The molecule has 0 unspecified atom stereocenters. The van der Waals surface area contributed by atoms with Crippen LogP contribution in [-0.4, -0.2) is 32.8 Å². The highest BCUT2D eigenvalue weighted by atomic mass is 19.1. The molecule has 3 aromatic heterocycles. The van der Waals surface area contributed by atoms with Crippen LogP contribution in [0, 0.1) is 5.82 Å². The lowest BCUT2D eigenvalue weighted by molar-refractivity contribution is 0.343. The van der Waals surface area contributed by atoms with E-state index in [-0.39, 0.29) is 5.82 Å². The number of benzene rings is 1. The molecule has 5 rings (SSSR count). The smallest absolute Gasteiger partial charge is 0.132 e. The molecule has 0 bridgehead atoms. The molecular formula is C22H21FN6. The van der Waals surface area contributed by atoms with Crippen LogP contribution >= 0.6 is 0 Å². The summed E-state index contributed by atoms with van der Waals surface area (Å²) in [4.78, 5) is 8.88. The fourth-order valence-electron chi connectivity index (χ4n) is 3.86. The maximum Gasteiger partial charge on any atom is 0.132 e. The molecule has 0 spiro atoms. The summed E-state index contributed by atoms with van der Waals surface area (Å²) in [6.07, 6.45) is 9.56. The van der Waals surface area contributed by atoms with Gasteiger partial charge in [0.15, 0.2) is 0 Å². The van der Waals surface area contributed by atoms with Gasteiger partial charge in [-0.3, -0.25) is 9.67 Å². The van der Waals surface area contributed by atoms with Gasteiger partial charge in [0, 0.05) is 40.7 Å². The molecule has 1 aliphatic heterocycles. The molecule has 0 saturated carbocycles. The summed E-state index contributed by atoms with van der Waals surface area (Å²) in [6.45, 7) is 2.03. The van der Waals surface area contributed by atoms with Gasteiger partial charge in [0.2, 0.25) is 0 Å². The Balaban J connectivity index is 1.51. The predicted molar refractivity (Wildman–Crippen MR) is 112 cm³/mol. The zero-order valence-corrected chi connectivity index (χ0v) is 15.8. The number of hydrogen-bond acceptors (Lipinski definition) is 5. The molecule has 3 N–H and O–H groups in total. The number of fused-ring (bicyclic) bond motifs is 1. The van der Waals surface area contributed by atoms with Crippen molar-refractivity contribution in [1.29, 1.82) is 0 Å². The third-order valence-corrected chi connectivity index (χ3v) is 5.50. The van der Waals surface area contributed by atoms with E-state index in [0.29, 0.717) is 17.6 Å². The zero-order valence-electron chi connectivity index (χ0n) is 15.8. The minimum atomic E-state index is -0.278. The maximum atomic E-state index is 13.6. The second kappa shape index (κ2) is 7.25. The largest absolute Gasteiger partial charge is 0.383 e. The summed E-state index contributed by atoms with van der Waals surface area (Å²) in [5.41, 5.74) is 9.45. The molecule has 4 heterocycles. The average Bonchev–Trinajstić information content (AvgIpc) is 3.24. The van der Waals surface area contributed by atoms with Crippen LogP contribution < -0.4 is 11.1 Å². The van der Waals surface area contributed by atoms with E-state index in [1.54, 1.807) is 18.5 Å². The molecule has 0 aliphatic carbocycles. The average molecular weight is 388 g/mol. The number of nitrogens with two attached hydrogens (primary N) is 1. The van der Waals surface area contributed by atoms with Crippen molar-refractivity contribution in [3.05, 3.63) is 60.9 Å². The lowest BCUT2D eigenvalue weighted by atomic mass is 10.0. The highest BCUT2D eigenvalue weighted by Crippen LogP contribution is 2.31. The Morgan fingerprint density at radius 3 is 2.69 bits per heavy atom. The van der Waals surface area contributed by atoms with Crippen molar-refractivity contribution < 1.29 is 4.39 Å². The summed E-state index contributed by atoms with van der Waals surface area (Å²) in [5.74, 6) is 0.113. The molecule has 1 aliphatic rings. The first kappa shape index (κ1) is 17.8. The number of nitrogen functional groups attached to an aromatic ring is 1. The topological polar surface area (TPSA) is 81.6 Å². The Bertz CT molecular complexity index is 1180. The van der Waals surface area contributed by atoms with Gasteiger partial charge in [-0.2, -0.15) is 5.10 Å². The Kier molecular flexibility index (Phi) is 4.44. The van der Waals surface area contributed by atoms with Gasteiger partial charge in [-0.05, 0) is 61.6 Å². The molecule has 1 saturated heterocycles. The highest BCUT2D eigenvalue weighted by molar-refractivity contribution is 5.87. The van der Waals surface area contributed by atoms with Crippen LogP contribution in [0.25, 0.3) is 33.2 Å². The normalized spacial score (nSPS) is 15.1. The van der Waals surface area contributed by atoms with Gasteiger partial charge >= 0.3 is 0 Å². The minimum Gasteiger partial charge on any atom is -0.383 e. The van der Waals surface area contributed by atoms with E-state index in [1.807, 2.05) is 23.0 Å². The van der Waals surface area contributed by atoms with E-state index < -0.39 is 0 Å². The Hall–Kier alpha value is -3.32. The van der Waals surface area contributed by atoms with Crippen LogP contribution in [0.4, 0.5) is 10.2 Å². The molecule has 7 heteroatoms. The SMILES string of the molecule is Nc1ncc(-c2cnn(C3CCNCC3)c2)cc1-c1cc2cc(F)ccc2cn1. The van der Waals surface area contributed by atoms with E-state index in [4.69, 9.17) is 5.73 Å². The van der Waals surface area contributed by atoms with Gasteiger partial charge in [0.05, 0.1) is 17.9 Å². The first-order valence-corrected chi connectivity index (χ1v) is 9.74. The number of hydrogen-bond donors (Lipinski definition) is 2. The molecule has 1 aromatic carbocycles. The van der Waals surface area contributed by atoms with Gasteiger partial charge in [0.1, 0.15) is 11.6 Å². The van der Waals surface area contributed by atoms with Gasteiger partial charge < -0.3 is 11.1 Å². The van der Waals surface area contributed by atoms with Crippen LogP contribution in [0.15, 0.2) is 55.1 Å². The Morgan fingerprint density at radius 1 is 0.966 bits per heavy atom. The number of nitrogens with one attached hydrogen (secondary N) is 1. The number of halogens is 1. The first-order chi connectivity index (χ1) is 14.2. The number of pyridine rings is 2. The molecule has 4 aromatic rings. The van der Waals surface area contributed by atoms with E-state index in [9.17, 15) is 4.39 Å². The zero-order chi connectivity index (χ0) is 19.8. The summed E-state index contributed by atoms with van der Waals surface area (Å²) >= 11 is 0. The molecule has 6 nitrogen and oxygen atoms in total. The molecular weight excluding hydrogens is 367 g/mol. The Labute approximate surface area is 167 Å². The van der Waals surface area contributed by atoms with Gasteiger partial charge in [-0.25, -0.2) is 9.37 Å². The number of rotatable bonds is 3. The lowest BCUT2D eigenvalue weighted by Gasteiger charge is -2.22. The molecule has 0 radical (unpaired) electrons. The maximum absolute atomic E-state index is 13.6. The number of aromatic nitrogens is 4. The second-order valence-electron chi connectivity index (χ2n) is 7.41. The lowest BCUT2D eigenvalue weighted by Crippen LogP contribution is -2.29. The van der Waals surface area contributed by atoms with Crippen molar-refractivity contribution in [2.45, 2.75) is 18.9 Å². The van der Waals surface area contributed by atoms with E-state index >= 15 is 0 Å². The first-order valence-electron chi connectivity index (χ1n) is 9.74. The molecule has 1 fully saturated rings. The van der Waals surface area contributed by atoms with Crippen molar-refractivity contribution in [3.63, 3.8) is 0 Å². The van der Waals surface area contributed by atoms with Gasteiger partial charge in [-0.15, -0.1) is 0 Å². The Morgan fingerprint density at radius 2 is 1.83 bits per heavy atom.